The van der Waals surface area contributed by atoms with E-state index in [4.69, 9.17) is 4.74 Å². The van der Waals surface area contributed by atoms with Gasteiger partial charge < -0.3 is 9.84 Å². The predicted octanol–water partition coefficient (Wildman–Crippen LogP) is 2.11. The highest BCUT2D eigenvalue weighted by atomic mass is 79.9. The van der Waals surface area contributed by atoms with Crippen LogP contribution in [0.3, 0.4) is 0 Å². The van der Waals surface area contributed by atoms with Crippen molar-refractivity contribution >= 4 is 39.0 Å². The van der Waals surface area contributed by atoms with Crippen molar-refractivity contribution in [3.8, 4) is 0 Å². The number of ketones is 1. The Kier molecular flexibility index (Phi) is 3.65. The molecule has 2 heterocycles. The molecule has 1 fully saturated rings. The summed E-state index contributed by atoms with van der Waals surface area (Å²) in [5.41, 5.74) is -1.41. The van der Waals surface area contributed by atoms with Gasteiger partial charge in [0.2, 0.25) is 0 Å². The Labute approximate surface area is 111 Å². The highest BCUT2D eigenvalue weighted by Crippen LogP contribution is 2.35. The number of carbonyl (C=O) groups is 2. The van der Waals surface area contributed by atoms with Crippen LogP contribution in [0.15, 0.2) is 15.9 Å². The number of aliphatic carboxylic acids is 1. The zero-order valence-electron chi connectivity index (χ0n) is 8.94. The minimum Gasteiger partial charge on any atom is -0.480 e. The lowest BCUT2D eigenvalue weighted by atomic mass is 9.78. The van der Waals surface area contributed by atoms with Gasteiger partial charge in [0.1, 0.15) is 0 Å². The van der Waals surface area contributed by atoms with Gasteiger partial charge in [-0.25, -0.2) is 0 Å². The molecule has 1 aromatic heterocycles. The lowest BCUT2D eigenvalue weighted by molar-refractivity contribution is -0.164. The van der Waals surface area contributed by atoms with Crippen LogP contribution in [0, 0.1) is 5.41 Å². The van der Waals surface area contributed by atoms with E-state index in [9.17, 15) is 14.7 Å². The summed E-state index contributed by atoms with van der Waals surface area (Å²) in [4.78, 5) is 24.2. The van der Waals surface area contributed by atoms with Gasteiger partial charge in [-0.15, -0.1) is 11.3 Å². The second kappa shape index (κ2) is 4.88. The van der Waals surface area contributed by atoms with Crippen molar-refractivity contribution in [3.05, 3.63) is 20.8 Å². The first kappa shape index (κ1) is 12.7. The van der Waals surface area contributed by atoms with E-state index in [0.29, 0.717) is 6.61 Å². The number of carboxylic acid groups (broad SMARTS) is 1. The molecule has 0 spiro atoms. The van der Waals surface area contributed by atoms with E-state index in [1.807, 2.05) is 11.4 Å². The van der Waals surface area contributed by atoms with Crippen LogP contribution in [0.5, 0.6) is 0 Å². The number of carboxylic acids is 1. The van der Waals surface area contributed by atoms with Gasteiger partial charge in [0.05, 0.1) is 13.2 Å². The van der Waals surface area contributed by atoms with Gasteiger partial charge in [-0.05, 0) is 27.4 Å². The smallest absolute Gasteiger partial charge is 0.319 e. The normalized spacial score (nSPS) is 24.9. The minimum absolute atomic E-state index is 0.0362. The molecule has 0 saturated carbocycles. The Morgan fingerprint density at radius 3 is 2.94 bits per heavy atom. The van der Waals surface area contributed by atoms with Crippen molar-refractivity contribution in [2.24, 2.45) is 5.41 Å². The van der Waals surface area contributed by atoms with Crippen molar-refractivity contribution in [2.45, 2.75) is 12.8 Å². The van der Waals surface area contributed by atoms with Gasteiger partial charge in [-0.1, -0.05) is 0 Å². The van der Waals surface area contributed by atoms with E-state index in [0.717, 1.165) is 9.35 Å². The van der Waals surface area contributed by atoms with Crippen LogP contribution in [-0.4, -0.2) is 30.1 Å². The number of ether oxygens (including phenoxy) is 1. The van der Waals surface area contributed by atoms with Gasteiger partial charge >= 0.3 is 5.97 Å². The van der Waals surface area contributed by atoms with Crippen LogP contribution in [0.25, 0.3) is 0 Å². The SMILES string of the molecule is O=C(O)C1(Cc2sccc2Br)COCCC1=O. The largest absolute Gasteiger partial charge is 0.480 e. The third-order valence-corrected chi connectivity index (χ3v) is 4.84. The molecule has 0 aliphatic carbocycles. The lowest BCUT2D eigenvalue weighted by Crippen LogP contribution is -2.48. The molecule has 1 unspecified atom stereocenters. The molecule has 92 valence electrons. The second-order valence-corrected chi connectivity index (χ2v) is 5.84. The molecule has 1 saturated heterocycles. The molecule has 1 N–H and O–H groups in total. The Hall–Kier alpha value is -0.720. The van der Waals surface area contributed by atoms with Crippen LogP contribution >= 0.6 is 27.3 Å². The van der Waals surface area contributed by atoms with Crippen LogP contribution in [-0.2, 0) is 20.7 Å². The number of halogens is 1. The van der Waals surface area contributed by atoms with E-state index < -0.39 is 11.4 Å². The lowest BCUT2D eigenvalue weighted by Gasteiger charge is -2.31. The maximum absolute atomic E-state index is 11.9. The van der Waals surface area contributed by atoms with E-state index >= 15 is 0 Å². The third-order valence-electron chi connectivity index (χ3n) is 2.92. The van der Waals surface area contributed by atoms with Crippen molar-refractivity contribution in [1.29, 1.82) is 0 Å². The minimum atomic E-state index is -1.41. The topological polar surface area (TPSA) is 63.6 Å². The van der Waals surface area contributed by atoms with Crippen LogP contribution in [0.2, 0.25) is 0 Å². The fraction of sp³-hybridized carbons (Fsp3) is 0.455. The predicted molar refractivity (Wildman–Crippen MR) is 66.2 cm³/mol. The summed E-state index contributed by atoms with van der Waals surface area (Å²) in [6.07, 6.45) is 0.370. The summed E-state index contributed by atoms with van der Waals surface area (Å²) in [5, 5.41) is 11.2. The average molecular weight is 319 g/mol. The standard InChI is InChI=1S/C11H11BrO4S/c12-7-2-4-17-8(7)5-11(10(14)15)6-16-3-1-9(11)13/h2,4H,1,3,5-6H2,(H,14,15). The fourth-order valence-electron chi connectivity index (χ4n) is 1.86. The Bertz CT molecular complexity index is 456. The summed E-state index contributed by atoms with van der Waals surface area (Å²) < 4.78 is 6.04. The molecule has 17 heavy (non-hydrogen) atoms. The molecular weight excluding hydrogens is 308 g/mol. The Morgan fingerprint density at radius 1 is 1.65 bits per heavy atom. The average Bonchev–Trinajstić information content (AvgIpc) is 2.67. The Balaban J connectivity index is 2.32. The molecule has 0 bridgehead atoms. The first-order valence-electron chi connectivity index (χ1n) is 5.12. The van der Waals surface area contributed by atoms with Gasteiger partial charge in [-0.3, -0.25) is 9.59 Å². The van der Waals surface area contributed by atoms with Crippen LogP contribution in [0.1, 0.15) is 11.3 Å². The van der Waals surface area contributed by atoms with Crippen molar-refractivity contribution < 1.29 is 19.4 Å². The van der Waals surface area contributed by atoms with Crippen molar-refractivity contribution in [3.63, 3.8) is 0 Å². The van der Waals surface area contributed by atoms with E-state index in [-0.39, 0.29) is 25.2 Å². The zero-order chi connectivity index (χ0) is 12.5. The number of rotatable bonds is 3. The Morgan fingerprint density at radius 2 is 2.41 bits per heavy atom. The maximum atomic E-state index is 11.9. The second-order valence-electron chi connectivity index (χ2n) is 3.98. The van der Waals surface area contributed by atoms with Gasteiger partial charge in [0.25, 0.3) is 0 Å². The molecule has 1 aromatic rings. The van der Waals surface area contributed by atoms with Crippen molar-refractivity contribution in [2.75, 3.05) is 13.2 Å². The van der Waals surface area contributed by atoms with E-state index in [2.05, 4.69) is 15.9 Å². The summed E-state index contributed by atoms with van der Waals surface area (Å²) in [6.45, 7) is 0.283. The third kappa shape index (κ3) is 2.29. The summed E-state index contributed by atoms with van der Waals surface area (Å²) in [5.74, 6) is -1.33. The van der Waals surface area contributed by atoms with E-state index in [1.165, 1.54) is 11.3 Å². The molecule has 4 nitrogen and oxygen atoms in total. The molecule has 0 aromatic carbocycles. The number of hydrogen-bond donors (Lipinski definition) is 1. The quantitative estimate of drug-likeness (QED) is 0.867. The van der Waals surface area contributed by atoms with Gasteiger partial charge in [-0.2, -0.15) is 0 Å². The monoisotopic (exact) mass is 318 g/mol. The highest BCUT2D eigenvalue weighted by Gasteiger charge is 2.48. The molecule has 2 rings (SSSR count). The number of thiophene rings is 1. The number of carbonyl (C=O) groups excluding carboxylic acids is 1. The van der Waals surface area contributed by atoms with Crippen molar-refractivity contribution in [1.82, 2.24) is 0 Å². The first-order chi connectivity index (χ1) is 8.06. The fourth-order valence-corrected chi connectivity index (χ4v) is 3.47. The summed E-state index contributed by atoms with van der Waals surface area (Å²) >= 11 is 4.79. The molecule has 1 aliphatic rings. The zero-order valence-corrected chi connectivity index (χ0v) is 11.3. The summed E-state index contributed by atoms with van der Waals surface area (Å²) in [6, 6.07) is 1.85. The van der Waals surface area contributed by atoms with Crippen LogP contribution in [0.4, 0.5) is 0 Å². The number of hydrogen-bond acceptors (Lipinski definition) is 4. The van der Waals surface area contributed by atoms with Gasteiger partial charge in [0.15, 0.2) is 11.2 Å². The molecule has 1 atom stereocenters. The first-order valence-corrected chi connectivity index (χ1v) is 6.80. The van der Waals surface area contributed by atoms with E-state index in [1.54, 1.807) is 0 Å². The molecule has 6 heteroatoms. The molecule has 1 aliphatic heterocycles. The molecular formula is C11H11BrO4S. The number of Topliss-reactive ketones (excluding diaryl/α,β-unsaturated/α-hetero) is 1. The maximum Gasteiger partial charge on any atom is 0.319 e. The summed E-state index contributed by atoms with van der Waals surface area (Å²) in [7, 11) is 0. The highest BCUT2D eigenvalue weighted by molar-refractivity contribution is 9.10. The van der Waals surface area contributed by atoms with Gasteiger partial charge in [0, 0.05) is 22.2 Å². The van der Waals surface area contributed by atoms with Crippen LogP contribution < -0.4 is 0 Å². The molecule has 0 amide bonds. The molecule has 0 radical (unpaired) electrons.